The van der Waals surface area contributed by atoms with Crippen molar-refractivity contribution in [2.24, 2.45) is 0 Å². The Morgan fingerprint density at radius 3 is 2.48 bits per heavy atom. The number of methoxy groups -OCH3 is 1. The minimum Gasteiger partial charge on any atom is -0.497 e. The quantitative estimate of drug-likeness (QED) is 0.801. The molecule has 0 saturated heterocycles. The molecule has 4 heteroatoms. The summed E-state index contributed by atoms with van der Waals surface area (Å²) >= 11 is 1.57. The fourth-order valence-corrected chi connectivity index (χ4v) is 2.92. The third-order valence-corrected chi connectivity index (χ3v) is 4.30. The van der Waals surface area contributed by atoms with Crippen LogP contribution in [0.4, 0.5) is 0 Å². The van der Waals surface area contributed by atoms with Crippen molar-refractivity contribution in [1.29, 1.82) is 0 Å². The molecule has 2 atom stereocenters. The average Bonchev–Trinajstić information content (AvgIpc) is 2.53. The van der Waals surface area contributed by atoms with Crippen LogP contribution >= 0.6 is 11.8 Å². The van der Waals surface area contributed by atoms with Crippen LogP contribution in [0.1, 0.15) is 30.3 Å². The van der Waals surface area contributed by atoms with E-state index in [0.29, 0.717) is 5.75 Å². The number of hydrogen-bond acceptors (Lipinski definition) is 4. The van der Waals surface area contributed by atoms with Crippen LogP contribution in [0.3, 0.4) is 0 Å². The molecule has 0 amide bonds. The molecule has 0 heterocycles. The average molecular weight is 304 g/mol. The van der Waals surface area contributed by atoms with E-state index in [2.05, 4.69) is 0 Å². The maximum Gasteiger partial charge on any atom is 0.119 e. The Labute approximate surface area is 129 Å². The second-order valence-corrected chi connectivity index (χ2v) is 5.95. The molecule has 0 fully saturated rings. The zero-order valence-corrected chi connectivity index (χ0v) is 13.0. The molecule has 21 heavy (non-hydrogen) atoms. The molecule has 0 bridgehead atoms. The van der Waals surface area contributed by atoms with Gasteiger partial charge < -0.3 is 14.9 Å². The smallest absolute Gasteiger partial charge is 0.119 e. The summed E-state index contributed by atoms with van der Waals surface area (Å²) in [5.74, 6) is 1.30. The Morgan fingerprint density at radius 1 is 1.05 bits per heavy atom. The summed E-state index contributed by atoms with van der Waals surface area (Å²) in [6.07, 6.45) is -1.03. The molecule has 2 unspecified atom stereocenters. The second-order valence-electron chi connectivity index (χ2n) is 4.85. The van der Waals surface area contributed by atoms with Gasteiger partial charge in [-0.05, 0) is 42.3 Å². The maximum absolute atomic E-state index is 10.3. The number of aliphatic hydroxyl groups excluding tert-OH is 2. The third kappa shape index (κ3) is 4.49. The van der Waals surface area contributed by atoms with Gasteiger partial charge in [0.05, 0.1) is 19.3 Å². The fourth-order valence-electron chi connectivity index (χ4n) is 1.98. The Bertz CT molecular complexity index is 584. The SMILES string of the molecule is COc1cccc(C(O)CSc2cccc(C(C)O)c2)c1. The molecule has 0 aliphatic carbocycles. The predicted octanol–water partition coefficient (Wildman–Crippen LogP) is 3.57. The van der Waals surface area contributed by atoms with Crippen LogP contribution in [0, 0.1) is 0 Å². The van der Waals surface area contributed by atoms with E-state index in [-0.39, 0.29) is 0 Å². The van der Waals surface area contributed by atoms with Gasteiger partial charge in [0, 0.05) is 10.6 Å². The van der Waals surface area contributed by atoms with Gasteiger partial charge in [-0.15, -0.1) is 11.8 Å². The van der Waals surface area contributed by atoms with E-state index >= 15 is 0 Å². The van der Waals surface area contributed by atoms with Crippen molar-refractivity contribution >= 4 is 11.8 Å². The lowest BCUT2D eigenvalue weighted by atomic mass is 10.1. The van der Waals surface area contributed by atoms with E-state index < -0.39 is 12.2 Å². The lowest BCUT2D eigenvalue weighted by Crippen LogP contribution is -2.01. The summed E-state index contributed by atoms with van der Waals surface area (Å²) in [5, 5.41) is 19.8. The fraction of sp³-hybridized carbons (Fsp3) is 0.294. The second kappa shape index (κ2) is 7.50. The molecular weight excluding hydrogens is 284 g/mol. The highest BCUT2D eigenvalue weighted by molar-refractivity contribution is 7.99. The molecule has 0 aliphatic heterocycles. The zero-order chi connectivity index (χ0) is 15.2. The van der Waals surface area contributed by atoms with Crippen molar-refractivity contribution in [1.82, 2.24) is 0 Å². The molecule has 3 nitrogen and oxygen atoms in total. The number of rotatable bonds is 6. The third-order valence-electron chi connectivity index (χ3n) is 3.23. The summed E-state index contributed by atoms with van der Waals surface area (Å²) < 4.78 is 5.16. The van der Waals surface area contributed by atoms with Gasteiger partial charge in [-0.25, -0.2) is 0 Å². The maximum atomic E-state index is 10.3. The first-order valence-corrected chi connectivity index (χ1v) is 7.81. The standard InChI is InChI=1S/C17H20O3S/c1-12(18)13-5-4-8-16(10-13)21-11-17(19)14-6-3-7-15(9-14)20-2/h3-10,12,17-19H,11H2,1-2H3. The number of ether oxygens (including phenoxy) is 1. The molecule has 2 rings (SSSR count). The molecule has 0 radical (unpaired) electrons. The normalized spacial score (nSPS) is 13.7. The zero-order valence-electron chi connectivity index (χ0n) is 12.2. The first kappa shape index (κ1) is 15.9. The summed E-state index contributed by atoms with van der Waals surface area (Å²) in [4.78, 5) is 1.04. The Balaban J connectivity index is 2.00. The Hall–Kier alpha value is -1.49. The summed E-state index contributed by atoms with van der Waals surface area (Å²) in [6, 6.07) is 15.2. The first-order valence-electron chi connectivity index (χ1n) is 6.83. The van der Waals surface area contributed by atoms with Crippen molar-refractivity contribution in [2.75, 3.05) is 12.9 Å². The molecular formula is C17H20O3S. The monoisotopic (exact) mass is 304 g/mol. The van der Waals surface area contributed by atoms with E-state index in [1.54, 1.807) is 25.8 Å². The van der Waals surface area contributed by atoms with E-state index in [1.165, 1.54) is 0 Å². The van der Waals surface area contributed by atoms with Crippen molar-refractivity contribution in [3.05, 3.63) is 59.7 Å². The highest BCUT2D eigenvalue weighted by Crippen LogP contribution is 2.28. The van der Waals surface area contributed by atoms with Gasteiger partial charge in [-0.1, -0.05) is 24.3 Å². The predicted molar refractivity (Wildman–Crippen MR) is 85.8 cm³/mol. The molecule has 0 aromatic heterocycles. The molecule has 0 aliphatic rings. The van der Waals surface area contributed by atoms with Crippen LogP contribution in [-0.4, -0.2) is 23.1 Å². The van der Waals surface area contributed by atoms with Crippen molar-refractivity contribution in [3.8, 4) is 5.75 Å². The van der Waals surface area contributed by atoms with E-state index in [0.717, 1.165) is 21.8 Å². The van der Waals surface area contributed by atoms with Crippen LogP contribution in [-0.2, 0) is 0 Å². The molecule has 112 valence electrons. The van der Waals surface area contributed by atoms with Crippen LogP contribution < -0.4 is 4.74 Å². The largest absolute Gasteiger partial charge is 0.497 e. The molecule has 2 aromatic carbocycles. The summed E-state index contributed by atoms with van der Waals surface area (Å²) in [7, 11) is 1.61. The number of hydrogen-bond donors (Lipinski definition) is 2. The van der Waals surface area contributed by atoms with Crippen LogP contribution in [0.5, 0.6) is 5.75 Å². The topological polar surface area (TPSA) is 49.7 Å². The summed E-state index contributed by atoms with van der Waals surface area (Å²) in [6.45, 7) is 1.74. The van der Waals surface area contributed by atoms with Gasteiger partial charge in [0.1, 0.15) is 5.75 Å². The van der Waals surface area contributed by atoms with E-state index in [1.807, 2.05) is 48.5 Å². The highest BCUT2D eigenvalue weighted by atomic mass is 32.2. The van der Waals surface area contributed by atoms with Gasteiger partial charge in [0.15, 0.2) is 0 Å². The lowest BCUT2D eigenvalue weighted by molar-refractivity contribution is 0.199. The Kier molecular flexibility index (Phi) is 5.67. The molecule has 2 N–H and O–H groups in total. The Morgan fingerprint density at radius 2 is 1.76 bits per heavy atom. The van der Waals surface area contributed by atoms with Gasteiger partial charge in [0.2, 0.25) is 0 Å². The van der Waals surface area contributed by atoms with E-state index in [9.17, 15) is 10.2 Å². The molecule has 2 aromatic rings. The number of aliphatic hydroxyl groups is 2. The highest BCUT2D eigenvalue weighted by Gasteiger charge is 2.10. The van der Waals surface area contributed by atoms with Gasteiger partial charge in [0.25, 0.3) is 0 Å². The number of benzene rings is 2. The van der Waals surface area contributed by atoms with Crippen molar-refractivity contribution in [3.63, 3.8) is 0 Å². The van der Waals surface area contributed by atoms with Crippen LogP contribution in [0.15, 0.2) is 53.4 Å². The van der Waals surface area contributed by atoms with E-state index in [4.69, 9.17) is 4.74 Å². The minimum absolute atomic E-state index is 0.478. The first-order chi connectivity index (χ1) is 10.1. The summed E-state index contributed by atoms with van der Waals surface area (Å²) in [5.41, 5.74) is 1.73. The van der Waals surface area contributed by atoms with Gasteiger partial charge in [-0.3, -0.25) is 0 Å². The van der Waals surface area contributed by atoms with Crippen LogP contribution in [0.2, 0.25) is 0 Å². The van der Waals surface area contributed by atoms with Crippen molar-refractivity contribution in [2.45, 2.75) is 24.0 Å². The van der Waals surface area contributed by atoms with Gasteiger partial charge >= 0.3 is 0 Å². The van der Waals surface area contributed by atoms with Crippen LogP contribution in [0.25, 0.3) is 0 Å². The lowest BCUT2D eigenvalue weighted by Gasteiger charge is -2.12. The van der Waals surface area contributed by atoms with Crippen molar-refractivity contribution < 1.29 is 14.9 Å². The minimum atomic E-state index is -0.555. The number of thioether (sulfide) groups is 1. The molecule has 0 saturated carbocycles. The molecule has 0 spiro atoms. The van der Waals surface area contributed by atoms with Gasteiger partial charge in [-0.2, -0.15) is 0 Å².